The zero-order valence-electron chi connectivity index (χ0n) is 8.43. The first-order valence-corrected chi connectivity index (χ1v) is 6.36. The molecule has 0 atom stereocenters. The molecule has 0 fully saturated rings. The fraction of sp³-hybridized carbons (Fsp3) is 0.364. The Bertz CT molecular complexity index is 354. The summed E-state index contributed by atoms with van der Waals surface area (Å²) >= 11 is 7.22. The minimum absolute atomic E-state index is 0.0468. The first-order valence-electron chi connectivity index (χ1n) is 4.58. The fourth-order valence-corrected chi connectivity index (χ4v) is 1.83. The van der Waals surface area contributed by atoms with Gasteiger partial charge in [-0.1, -0.05) is 23.7 Å². The number of thioether (sulfide) groups is 1. The maximum absolute atomic E-state index is 13.4. The molecule has 82 valence electrons. The molecule has 0 aliphatic carbocycles. The summed E-state index contributed by atoms with van der Waals surface area (Å²) in [6.45, 7) is 0. The van der Waals surface area contributed by atoms with E-state index in [-0.39, 0.29) is 17.2 Å². The van der Waals surface area contributed by atoms with Gasteiger partial charge >= 0.3 is 0 Å². The molecule has 4 heteroatoms. The van der Waals surface area contributed by atoms with Crippen LogP contribution in [0.1, 0.15) is 12.0 Å². The molecule has 0 spiro atoms. The lowest BCUT2D eigenvalue weighted by atomic mass is 10.1. The van der Waals surface area contributed by atoms with Gasteiger partial charge in [0.1, 0.15) is 11.6 Å². The van der Waals surface area contributed by atoms with E-state index in [1.807, 2.05) is 6.26 Å². The third kappa shape index (κ3) is 3.84. The van der Waals surface area contributed by atoms with Crippen molar-refractivity contribution in [2.45, 2.75) is 12.8 Å². The second-order valence-corrected chi connectivity index (χ2v) is 4.56. The van der Waals surface area contributed by atoms with Gasteiger partial charge in [0.05, 0.1) is 5.02 Å². The van der Waals surface area contributed by atoms with Crippen molar-refractivity contribution in [3.63, 3.8) is 0 Å². The Balaban J connectivity index is 2.64. The van der Waals surface area contributed by atoms with E-state index in [1.165, 1.54) is 6.07 Å². The van der Waals surface area contributed by atoms with E-state index in [9.17, 15) is 9.18 Å². The minimum Gasteiger partial charge on any atom is -0.299 e. The Labute approximate surface area is 98.0 Å². The van der Waals surface area contributed by atoms with Gasteiger partial charge in [0.2, 0.25) is 0 Å². The molecule has 15 heavy (non-hydrogen) atoms. The van der Waals surface area contributed by atoms with E-state index < -0.39 is 5.82 Å². The quantitative estimate of drug-likeness (QED) is 0.793. The normalized spacial score (nSPS) is 10.3. The van der Waals surface area contributed by atoms with E-state index in [2.05, 4.69) is 0 Å². The second-order valence-electron chi connectivity index (χ2n) is 3.17. The standard InChI is InChI=1S/C11H12ClFOS/c1-15-6-5-9(14)7-8-3-2-4-10(12)11(8)13/h2-4H,5-7H2,1H3. The first-order chi connectivity index (χ1) is 7.15. The number of carbonyl (C=O) groups excluding carboxylic acids is 1. The van der Waals surface area contributed by atoms with Crippen LogP contribution in [0, 0.1) is 5.82 Å². The molecule has 1 aromatic carbocycles. The Morgan fingerprint density at radius 1 is 1.53 bits per heavy atom. The van der Waals surface area contributed by atoms with Crippen molar-refractivity contribution < 1.29 is 9.18 Å². The van der Waals surface area contributed by atoms with Gasteiger partial charge < -0.3 is 0 Å². The van der Waals surface area contributed by atoms with Crippen LogP contribution in [0.2, 0.25) is 5.02 Å². The lowest BCUT2D eigenvalue weighted by Gasteiger charge is -2.03. The summed E-state index contributed by atoms with van der Waals surface area (Å²) < 4.78 is 13.4. The van der Waals surface area contributed by atoms with Crippen LogP contribution in [-0.4, -0.2) is 17.8 Å². The largest absolute Gasteiger partial charge is 0.299 e. The molecule has 0 aromatic heterocycles. The van der Waals surface area contributed by atoms with E-state index in [4.69, 9.17) is 11.6 Å². The van der Waals surface area contributed by atoms with Crippen molar-refractivity contribution in [3.8, 4) is 0 Å². The third-order valence-electron chi connectivity index (χ3n) is 2.00. The monoisotopic (exact) mass is 246 g/mol. The fourth-order valence-electron chi connectivity index (χ4n) is 1.20. The van der Waals surface area contributed by atoms with Gasteiger partial charge in [-0.05, 0) is 23.6 Å². The molecule has 1 aromatic rings. The maximum atomic E-state index is 13.4. The van der Waals surface area contributed by atoms with Crippen LogP contribution < -0.4 is 0 Å². The van der Waals surface area contributed by atoms with Gasteiger partial charge in [0.15, 0.2) is 0 Å². The van der Waals surface area contributed by atoms with Crippen LogP contribution >= 0.6 is 23.4 Å². The molecule has 1 nitrogen and oxygen atoms in total. The van der Waals surface area contributed by atoms with E-state index in [1.54, 1.807) is 23.9 Å². The SMILES string of the molecule is CSCCC(=O)Cc1cccc(Cl)c1F. The lowest BCUT2D eigenvalue weighted by Crippen LogP contribution is -2.05. The summed E-state index contributed by atoms with van der Waals surface area (Å²) in [6.07, 6.45) is 2.55. The molecule has 0 aliphatic heterocycles. The number of halogens is 2. The zero-order chi connectivity index (χ0) is 11.3. The number of rotatable bonds is 5. The molecular weight excluding hydrogens is 235 g/mol. The smallest absolute Gasteiger partial charge is 0.145 e. The van der Waals surface area contributed by atoms with Gasteiger partial charge in [0.25, 0.3) is 0 Å². The van der Waals surface area contributed by atoms with Crippen LogP contribution in [-0.2, 0) is 11.2 Å². The second kappa shape index (κ2) is 6.13. The summed E-state index contributed by atoms with van der Waals surface area (Å²) in [5.41, 5.74) is 0.383. The Hall–Kier alpha value is -0.540. The minimum atomic E-state index is -0.475. The van der Waals surface area contributed by atoms with Gasteiger partial charge in [-0.2, -0.15) is 11.8 Å². The number of Topliss-reactive ketones (excluding diaryl/α,β-unsaturated/α-hetero) is 1. The molecule has 0 aliphatic rings. The predicted octanol–water partition coefficient (Wildman–Crippen LogP) is 3.34. The molecule has 0 N–H and O–H groups in total. The van der Waals surface area contributed by atoms with Crippen LogP contribution in [0.25, 0.3) is 0 Å². The number of benzene rings is 1. The summed E-state index contributed by atoms with van der Waals surface area (Å²) in [5.74, 6) is 0.350. The molecule has 0 radical (unpaired) electrons. The highest BCUT2D eigenvalue weighted by molar-refractivity contribution is 7.98. The Morgan fingerprint density at radius 3 is 2.93 bits per heavy atom. The molecule has 0 unspecified atom stereocenters. The molecule has 0 amide bonds. The average Bonchev–Trinajstić information content (AvgIpc) is 2.22. The molecule has 0 heterocycles. The van der Waals surface area contributed by atoms with Crippen molar-refractivity contribution in [2.75, 3.05) is 12.0 Å². The highest BCUT2D eigenvalue weighted by atomic mass is 35.5. The van der Waals surface area contributed by atoms with Crippen molar-refractivity contribution in [1.29, 1.82) is 0 Å². The van der Waals surface area contributed by atoms with E-state index >= 15 is 0 Å². The van der Waals surface area contributed by atoms with Crippen molar-refractivity contribution in [2.24, 2.45) is 0 Å². The average molecular weight is 247 g/mol. The molecule has 1 rings (SSSR count). The lowest BCUT2D eigenvalue weighted by molar-refractivity contribution is -0.118. The zero-order valence-corrected chi connectivity index (χ0v) is 10.00. The van der Waals surface area contributed by atoms with Gasteiger partial charge in [-0.15, -0.1) is 0 Å². The molecule has 0 saturated carbocycles. The highest BCUT2D eigenvalue weighted by Crippen LogP contribution is 2.18. The van der Waals surface area contributed by atoms with Crippen LogP contribution in [0.15, 0.2) is 18.2 Å². The first kappa shape index (κ1) is 12.5. The third-order valence-corrected chi connectivity index (χ3v) is 2.91. The maximum Gasteiger partial charge on any atom is 0.145 e. The summed E-state index contributed by atoms with van der Waals surface area (Å²) in [6, 6.07) is 4.73. The van der Waals surface area contributed by atoms with Crippen molar-refractivity contribution in [1.82, 2.24) is 0 Å². The van der Waals surface area contributed by atoms with E-state index in [0.717, 1.165) is 5.75 Å². The van der Waals surface area contributed by atoms with E-state index in [0.29, 0.717) is 12.0 Å². The number of ketones is 1. The molecule has 0 bridgehead atoms. The topological polar surface area (TPSA) is 17.1 Å². The summed E-state index contributed by atoms with van der Waals surface area (Å²) in [4.78, 5) is 11.4. The Morgan fingerprint density at radius 2 is 2.27 bits per heavy atom. The van der Waals surface area contributed by atoms with Gasteiger partial charge in [0, 0.05) is 12.8 Å². The Kier molecular flexibility index (Phi) is 5.12. The predicted molar refractivity (Wildman–Crippen MR) is 63.1 cm³/mol. The van der Waals surface area contributed by atoms with Crippen LogP contribution in [0.5, 0.6) is 0 Å². The van der Waals surface area contributed by atoms with Crippen LogP contribution in [0.3, 0.4) is 0 Å². The van der Waals surface area contributed by atoms with Gasteiger partial charge in [-0.25, -0.2) is 4.39 Å². The molecule has 0 saturated heterocycles. The number of hydrogen-bond acceptors (Lipinski definition) is 2. The number of carbonyl (C=O) groups is 1. The van der Waals surface area contributed by atoms with Crippen molar-refractivity contribution >= 4 is 29.1 Å². The van der Waals surface area contributed by atoms with Crippen molar-refractivity contribution in [3.05, 3.63) is 34.6 Å². The molecular formula is C11H12ClFOS. The summed E-state index contributed by atoms with van der Waals surface area (Å²) in [5, 5.41) is 0.0742. The highest BCUT2D eigenvalue weighted by Gasteiger charge is 2.10. The van der Waals surface area contributed by atoms with Crippen LogP contribution in [0.4, 0.5) is 4.39 Å². The van der Waals surface area contributed by atoms with Gasteiger partial charge in [-0.3, -0.25) is 4.79 Å². The number of hydrogen-bond donors (Lipinski definition) is 0. The summed E-state index contributed by atoms with van der Waals surface area (Å²) in [7, 11) is 0.